The van der Waals surface area contributed by atoms with Gasteiger partial charge in [0.2, 0.25) is 0 Å². The van der Waals surface area contributed by atoms with Crippen LogP contribution in [0.25, 0.3) is 0 Å². The molecule has 6 heteroatoms. The molecule has 1 N–H and O–H groups in total. The van der Waals surface area contributed by atoms with E-state index in [4.69, 9.17) is 16.3 Å². The molecule has 2 unspecified atom stereocenters. The van der Waals surface area contributed by atoms with Crippen LogP contribution in [0.15, 0.2) is 18.2 Å². The fourth-order valence-electron chi connectivity index (χ4n) is 4.20. The number of nitrogens with zero attached hydrogens (tertiary/aromatic N) is 1. The minimum absolute atomic E-state index is 0.0459. The van der Waals surface area contributed by atoms with Crippen LogP contribution in [-0.2, 0) is 4.74 Å². The van der Waals surface area contributed by atoms with Crippen LogP contribution in [0, 0.1) is 11.2 Å². The normalized spacial score (nSPS) is 26.2. The SMILES string of the molecule is CC(C)(C)C1OC2(CCN(C(=O)O)CC2)CC1c1cc(F)cc(Cl)c1. The van der Waals surface area contributed by atoms with Gasteiger partial charge in [0.15, 0.2) is 0 Å². The first-order valence-corrected chi connectivity index (χ1v) is 9.09. The van der Waals surface area contributed by atoms with Crippen LogP contribution in [0.3, 0.4) is 0 Å². The van der Waals surface area contributed by atoms with E-state index in [0.717, 1.165) is 12.0 Å². The smallest absolute Gasteiger partial charge is 0.407 e. The molecule has 2 atom stereocenters. The third-order valence-electron chi connectivity index (χ3n) is 5.45. The highest BCUT2D eigenvalue weighted by molar-refractivity contribution is 6.30. The number of hydrogen-bond acceptors (Lipinski definition) is 2. The summed E-state index contributed by atoms with van der Waals surface area (Å²) in [6.07, 6.45) is 1.16. The van der Waals surface area contributed by atoms with E-state index in [1.54, 1.807) is 6.07 Å². The number of hydrogen-bond donors (Lipinski definition) is 1. The molecule has 138 valence electrons. The Morgan fingerprint density at radius 1 is 1.32 bits per heavy atom. The predicted octanol–water partition coefficient (Wildman–Crippen LogP) is 4.91. The lowest BCUT2D eigenvalue weighted by molar-refractivity contribution is -0.105. The molecule has 3 rings (SSSR count). The summed E-state index contributed by atoms with van der Waals surface area (Å²) in [6, 6.07) is 4.68. The van der Waals surface area contributed by atoms with Gasteiger partial charge in [-0.25, -0.2) is 9.18 Å². The van der Waals surface area contributed by atoms with Gasteiger partial charge in [0.05, 0.1) is 11.7 Å². The van der Waals surface area contributed by atoms with Crippen molar-refractivity contribution in [2.24, 2.45) is 5.41 Å². The number of likely N-dealkylation sites (tertiary alicyclic amines) is 1. The lowest BCUT2D eigenvalue weighted by atomic mass is 9.75. The van der Waals surface area contributed by atoms with Gasteiger partial charge in [-0.05, 0) is 48.4 Å². The van der Waals surface area contributed by atoms with E-state index in [2.05, 4.69) is 20.8 Å². The molecule has 0 aliphatic carbocycles. The van der Waals surface area contributed by atoms with Crippen LogP contribution in [0.1, 0.15) is 51.5 Å². The molecule has 2 fully saturated rings. The first-order valence-electron chi connectivity index (χ1n) is 8.71. The number of ether oxygens (including phenoxy) is 1. The van der Waals surface area contributed by atoms with E-state index < -0.39 is 6.09 Å². The molecule has 1 amide bonds. The third-order valence-corrected chi connectivity index (χ3v) is 5.66. The molecule has 0 radical (unpaired) electrons. The number of halogens is 2. The maximum Gasteiger partial charge on any atom is 0.407 e. The van der Waals surface area contributed by atoms with Crippen LogP contribution < -0.4 is 0 Å². The van der Waals surface area contributed by atoms with Crippen molar-refractivity contribution in [2.75, 3.05) is 13.1 Å². The highest BCUT2D eigenvalue weighted by Crippen LogP contribution is 2.51. The summed E-state index contributed by atoms with van der Waals surface area (Å²) in [4.78, 5) is 12.6. The van der Waals surface area contributed by atoms with Gasteiger partial charge in [0.1, 0.15) is 5.82 Å². The highest BCUT2D eigenvalue weighted by atomic mass is 35.5. The van der Waals surface area contributed by atoms with Gasteiger partial charge < -0.3 is 14.7 Å². The minimum Gasteiger partial charge on any atom is -0.465 e. The summed E-state index contributed by atoms with van der Waals surface area (Å²) in [5, 5.41) is 9.56. The van der Waals surface area contributed by atoms with Gasteiger partial charge in [-0.2, -0.15) is 0 Å². The Morgan fingerprint density at radius 2 is 1.96 bits per heavy atom. The van der Waals surface area contributed by atoms with Crippen molar-refractivity contribution in [3.63, 3.8) is 0 Å². The molecule has 4 nitrogen and oxygen atoms in total. The van der Waals surface area contributed by atoms with E-state index in [1.807, 2.05) is 6.07 Å². The summed E-state index contributed by atoms with van der Waals surface area (Å²) in [5.41, 5.74) is 0.409. The monoisotopic (exact) mass is 369 g/mol. The van der Waals surface area contributed by atoms with Gasteiger partial charge in [-0.3, -0.25) is 0 Å². The lowest BCUT2D eigenvalue weighted by Gasteiger charge is -2.39. The topological polar surface area (TPSA) is 49.8 Å². The van der Waals surface area contributed by atoms with Gasteiger partial charge in [0.25, 0.3) is 0 Å². The Labute approximate surface area is 152 Å². The van der Waals surface area contributed by atoms with Crippen molar-refractivity contribution >= 4 is 17.7 Å². The number of carboxylic acid groups (broad SMARTS) is 1. The van der Waals surface area contributed by atoms with E-state index in [-0.39, 0.29) is 28.9 Å². The Hall–Kier alpha value is -1.33. The van der Waals surface area contributed by atoms with Gasteiger partial charge in [-0.15, -0.1) is 0 Å². The molecule has 0 saturated carbocycles. The van der Waals surface area contributed by atoms with Crippen molar-refractivity contribution in [3.8, 4) is 0 Å². The molecule has 0 aromatic heterocycles. The van der Waals surface area contributed by atoms with Crippen molar-refractivity contribution < 1.29 is 19.0 Å². The number of piperidine rings is 1. The molecule has 2 heterocycles. The average molecular weight is 370 g/mol. The molecule has 0 bridgehead atoms. The molecule has 1 aromatic rings. The first-order chi connectivity index (χ1) is 11.6. The molecule has 1 spiro atoms. The molecule has 2 saturated heterocycles. The van der Waals surface area contributed by atoms with Crippen molar-refractivity contribution in [1.29, 1.82) is 0 Å². The van der Waals surface area contributed by atoms with Crippen molar-refractivity contribution in [1.82, 2.24) is 4.90 Å². The molecular weight excluding hydrogens is 345 g/mol. The lowest BCUT2D eigenvalue weighted by Crippen LogP contribution is -2.46. The second kappa shape index (κ2) is 6.44. The van der Waals surface area contributed by atoms with E-state index >= 15 is 0 Å². The van der Waals surface area contributed by atoms with Gasteiger partial charge >= 0.3 is 6.09 Å². The summed E-state index contributed by atoms with van der Waals surface area (Å²) >= 11 is 6.07. The maximum atomic E-state index is 13.9. The highest BCUT2D eigenvalue weighted by Gasteiger charge is 2.52. The predicted molar refractivity (Wildman–Crippen MR) is 94.7 cm³/mol. The number of rotatable bonds is 1. The summed E-state index contributed by atoms with van der Waals surface area (Å²) in [7, 11) is 0. The third kappa shape index (κ3) is 3.77. The molecule has 2 aliphatic rings. The van der Waals surface area contributed by atoms with E-state index in [0.29, 0.717) is 31.0 Å². The zero-order valence-electron chi connectivity index (χ0n) is 14.9. The zero-order valence-corrected chi connectivity index (χ0v) is 15.6. The Morgan fingerprint density at radius 3 is 2.48 bits per heavy atom. The molecule has 25 heavy (non-hydrogen) atoms. The molecule has 2 aliphatic heterocycles. The fourth-order valence-corrected chi connectivity index (χ4v) is 4.43. The van der Waals surface area contributed by atoms with Crippen LogP contribution in [0.4, 0.5) is 9.18 Å². The van der Waals surface area contributed by atoms with Crippen LogP contribution in [0.2, 0.25) is 5.02 Å². The first kappa shape index (κ1) is 18.5. The second-order valence-corrected chi connectivity index (χ2v) is 8.81. The molecular formula is C19H25ClFNO3. The van der Waals surface area contributed by atoms with Gasteiger partial charge in [0, 0.05) is 24.0 Å². The molecule has 1 aromatic carbocycles. The summed E-state index contributed by atoms with van der Waals surface area (Å²) in [6.45, 7) is 7.32. The van der Waals surface area contributed by atoms with Gasteiger partial charge in [-0.1, -0.05) is 32.4 Å². The largest absolute Gasteiger partial charge is 0.465 e. The maximum absolute atomic E-state index is 13.9. The summed E-state index contributed by atoms with van der Waals surface area (Å²) < 4.78 is 20.4. The second-order valence-electron chi connectivity index (χ2n) is 8.37. The Balaban J connectivity index is 1.88. The Bertz CT molecular complexity index is 645. The van der Waals surface area contributed by atoms with Crippen LogP contribution in [-0.4, -0.2) is 40.9 Å². The number of benzene rings is 1. The summed E-state index contributed by atoms with van der Waals surface area (Å²) in [5.74, 6) is -0.290. The van der Waals surface area contributed by atoms with Crippen molar-refractivity contribution in [2.45, 2.75) is 57.7 Å². The average Bonchev–Trinajstić information content (AvgIpc) is 2.86. The fraction of sp³-hybridized carbons (Fsp3) is 0.632. The Kier molecular flexibility index (Phi) is 4.75. The number of amides is 1. The van der Waals surface area contributed by atoms with Crippen LogP contribution >= 0.6 is 11.6 Å². The minimum atomic E-state index is -0.881. The van der Waals surface area contributed by atoms with E-state index in [9.17, 15) is 14.3 Å². The van der Waals surface area contributed by atoms with Crippen LogP contribution in [0.5, 0.6) is 0 Å². The van der Waals surface area contributed by atoms with Crippen molar-refractivity contribution in [3.05, 3.63) is 34.6 Å². The quantitative estimate of drug-likeness (QED) is 0.765. The number of carbonyl (C=O) groups is 1. The van der Waals surface area contributed by atoms with E-state index in [1.165, 1.54) is 11.0 Å². The zero-order chi connectivity index (χ0) is 18.4. The standard InChI is InChI=1S/C19H25ClFNO3/c1-18(2,3)16-15(12-8-13(20)10-14(21)9-12)11-19(25-16)4-6-22(7-5-19)17(23)24/h8-10,15-16H,4-7,11H2,1-3H3,(H,23,24).